The van der Waals surface area contributed by atoms with Gasteiger partial charge in [0, 0.05) is 18.5 Å². The molecule has 0 spiro atoms. The smallest absolute Gasteiger partial charge is 0.410 e. The number of ether oxygens (including phenoxy) is 1. The number of piperidine rings is 1. The minimum atomic E-state index is -0.464. The van der Waals surface area contributed by atoms with Crippen molar-refractivity contribution in [3.05, 3.63) is 0 Å². The topological polar surface area (TPSA) is 49.8 Å². The standard InChI is InChI=1S/C14H27NO3/c1-11(2)14(10-16)7-6-8-15(9-14)12(17)18-13(3,4)5/h11,16H,6-10H2,1-5H3/t14-/m0/s1. The van der Waals surface area contributed by atoms with Crippen molar-refractivity contribution in [2.24, 2.45) is 11.3 Å². The van der Waals surface area contributed by atoms with Gasteiger partial charge in [-0.3, -0.25) is 0 Å². The van der Waals surface area contributed by atoms with Crippen LogP contribution in [0.4, 0.5) is 4.79 Å². The summed E-state index contributed by atoms with van der Waals surface area (Å²) in [6.07, 6.45) is 1.64. The largest absolute Gasteiger partial charge is 0.444 e. The molecule has 0 unspecified atom stereocenters. The summed E-state index contributed by atoms with van der Waals surface area (Å²) in [5, 5.41) is 9.67. The zero-order valence-corrected chi connectivity index (χ0v) is 12.3. The van der Waals surface area contributed by atoms with E-state index in [0.717, 1.165) is 19.4 Å². The zero-order chi connectivity index (χ0) is 14.0. The molecular formula is C14H27NO3. The van der Waals surface area contributed by atoms with Gasteiger partial charge in [-0.25, -0.2) is 4.79 Å². The fourth-order valence-corrected chi connectivity index (χ4v) is 2.43. The van der Waals surface area contributed by atoms with E-state index in [9.17, 15) is 9.90 Å². The predicted molar refractivity (Wildman–Crippen MR) is 71.4 cm³/mol. The lowest BCUT2D eigenvalue weighted by Gasteiger charge is -2.44. The highest BCUT2D eigenvalue weighted by atomic mass is 16.6. The Labute approximate surface area is 110 Å². The van der Waals surface area contributed by atoms with Gasteiger partial charge in [0.25, 0.3) is 0 Å². The summed E-state index contributed by atoms with van der Waals surface area (Å²) in [6.45, 7) is 11.3. The monoisotopic (exact) mass is 257 g/mol. The highest BCUT2D eigenvalue weighted by Gasteiger charge is 2.40. The number of hydrogen-bond donors (Lipinski definition) is 1. The van der Waals surface area contributed by atoms with Crippen molar-refractivity contribution >= 4 is 6.09 Å². The van der Waals surface area contributed by atoms with E-state index in [1.807, 2.05) is 20.8 Å². The van der Waals surface area contributed by atoms with Crippen LogP contribution in [0.25, 0.3) is 0 Å². The molecule has 106 valence electrons. The number of aliphatic hydroxyl groups excluding tert-OH is 1. The second kappa shape index (κ2) is 5.47. The first-order valence-corrected chi connectivity index (χ1v) is 6.79. The first-order chi connectivity index (χ1) is 8.20. The summed E-state index contributed by atoms with van der Waals surface area (Å²) < 4.78 is 5.40. The van der Waals surface area contributed by atoms with Gasteiger partial charge in [0.1, 0.15) is 5.60 Å². The van der Waals surface area contributed by atoms with Crippen molar-refractivity contribution < 1.29 is 14.6 Å². The summed E-state index contributed by atoms with van der Waals surface area (Å²) in [5.74, 6) is 0.354. The molecule has 1 atom stereocenters. The molecule has 4 heteroatoms. The fraction of sp³-hybridized carbons (Fsp3) is 0.929. The van der Waals surface area contributed by atoms with E-state index in [1.165, 1.54) is 0 Å². The Kier molecular flexibility index (Phi) is 4.65. The van der Waals surface area contributed by atoms with Crippen molar-refractivity contribution in [1.29, 1.82) is 0 Å². The molecule has 0 radical (unpaired) electrons. The van der Waals surface area contributed by atoms with E-state index < -0.39 is 5.60 Å². The average Bonchev–Trinajstić information content (AvgIpc) is 2.26. The molecule has 0 aromatic heterocycles. The lowest BCUT2D eigenvalue weighted by atomic mass is 9.72. The number of rotatable bonds is 2. The summed E-state index contributed by atoms with van der Waals surface area (Å²) in [7, 11) is 0. The lowest BCUT2D eigenvalue weighted by molar-refractivity contribution is -0.0246. The van der Waals surface area contributed by atoms with E-state index in [0.29, 0.717) is 12.5 Å². The molecular weight excluding hydrogens is 230 g/mol. The molecule has 1 rings (SSSR count). The van der Waals surface area contributed by atoms with E-state index in [1.54, 1.807) is 4.90 Å². The highest BCUT2D eigenvalue weighted by molar-refractivity contribution is 5.68. The number of nitrogens with zero attached hydrogens (tertiary/aromatic N) is 1. The molecule has 1 saturated heterocycles. The summed E-state index contributed by atoms with van der Waals surface area (Å²) >= 11 is 0. The lowest BCUT2D eigenvalue weighted by Crippen LogP contribution is -2.51. The van der Waals surface area contributed by atoms with Crippen LogP contribution in [0.3, 0.4) is 0 Å². The second-order valence-corrected chi connectivity index (χ2v) is 6.68. The van der Waals surface area contributed by atoms with E-state index in [2.05, 4.69) is 13.8 Å². The van der Waals surface area contributed by atoms with E-state index in [4.69, 9.17) is 4.74 Å². The fourth-order valence-electron chi connectivity index (χ4n) is 2.43. The Morgan fingerprint density at radius 2 is 2.06 bits per heavy atom. The number of amides is 1. The highest BCUT2D eigenvalue weighted by Crippen LogP contribution is 2.37. The predicted octanol–water partition coefficient (Wildman–Crippen LogP) is 2.65. The van der Waals surface area contributed by atoms with Gasteiger partial charge in [-0.05, 0) is 39.5 Å². The van der Waals surface area contributed by atoms with Crippen LogP contribution in [0.2, 0.25) is 0 Å². The molecule has 1 amide bonds. The van der Waals surface area contributed by atoms with Crippen molar-refractivity contribution in [3.8, 4) is 0 Å². The third-order valence-corrected chi connectivity index (χ3v) is 3.80. The first kappa shape index (κ1) is 15.3. The van der Waals surface area contributed by atoms with Gasteiger partial charge < -0.3 is 14.7 Å². The van der Waals surface area contributed by atoms with Gasteiger partial charge in [0.15, 0.2) is 0 Å². The van der Waals surface area contributed by atoms with E-state index in [-0.39, 0.29) is 18.1 Å². The van der Waals surface area contributed by atoms with E-state index >= 15 is 0 Å². The molecule has 1 fully saturated rings. The maximum absolute atomic E-state index is 12.1. The van der Waals surface area contributed by atoms with Crippen LogP contribution in [0.15, 0.2) is 0 Å². The van der Waals surface area contributed by atoms with Crippen molar-refractivity contribution in [1.82, 2.24) is 4.90 Å². The van der Waals surface area contributed by atoms with Crippen LogP contribution in [0, 0.1) is 11.3 Å². The van der Waals surface area contributed by atoms with Gasteiger partial charge in [-0.15, -0.1) is 0 Å². The van der Waals surface area contributed by atoms with Crippen LogP contribution in [-0.4, -0.2) is 41.4 Å². The van der Waals surface area contributed by atoms with Gasteiger partial charge in [0.05, 0.1) is 6.61 Å². The Hall–Kier alpha value is -0.770. The molecule has 1 N–H and O–H groups in total. The molecule has 18 heavy (non-hydrogen) atoms. The Balaban J connectivity index is 2.72. The molecule has 0 saturated carbocycles. The van der Waals surface area contributed by atoms with Crippen LogP contribution in [-0.2, 0) is 4.74 Å². The van der Waals surface area contributed by atoms with Gasteiger partial charge in [-0.1, -0.05) is 13.8 Å². The number of carbonyl (C=O) groups excluding carboxylic acids is 1. The van der Waals surface area contributed by atoms with Crippen molar-refractivity contribution in [2.45, 2.75) is 53.1 Å². The average molecular weight is 257 g/mol. The van der Waals surface area contributed by atoms with Crippen LogP contribution < -0.4 is 0 Å². The van der Waals surface area contributed by atoms with Crippen LogP contribution in [0.1, 0.15) is 47.5 Å². The van der Waals surface area contributed by atoms with Crippen LogP contribution >= 0.6 is 0 Å². The molecule has 1 aliphatic heterocycles. The SMILES string of the molecule is CC(C)[C@@]1(CO)CCCN(C(=O)OC(C)(C)C)C1. The van der Waals surface area contributed by atoms with Gasteiger partial charge in [0.2, 0.25) is 0 Å². The Bertz CT molecular complexity index is 296. The van der Waals surface area contributed by atoms with Crippen molar-refractivity contribution in [2.75, 3.05) is 19.7 Å². The minimum Gasteiger partial charge on any atom is -0.444 e. The number of carbonyl (C=O) groups is 1. The molecule has 0 aromatic carbocycles. The minimum absolute atomic E-state index is 0.129. The Morgan fingerprint density at radius 3 is 2.50 bits per heavy atom. The number of likely N-dealkylation sites (tertiary alicyclic amines) is 1. The molecule has 0 aromatic rings. The molecule has 4 nitrogen and oxygen atoms in total. The van der Waals surface area contributed by atoms with Crippen LogP contribution in [0.5, 0.6) is 0 Å². The first-order valence-electron chi connectivity index (χ1n) is 6.79. The number of aliphatic hydroxyl groups is 1. The summed E-state index contributed by atoms with van der Waals surface area (Å²) in [5.41, 5.74) is -0.636. The second-order valence-electron chi connectivity index (χ2n) is 6.68. The normalized spacial score (nSPS) is 25.4. The maximum atomic E-state index is 12.1. The summed E-state index contributed by atoms with van der Waals surface area (Å²) in [6, 6.07) is 0. The molecule has 1 heterocycles. The zero-order valence-electron chi connectivity index (χ0n) is 12.3. The van der Waals surface area contributed by atoms with Crippen molar-refractivity contribution in [3.63, 3.8) is 0 Å². The number of hydrogen-bond acceptors (Lipinski definition) is 3. The molecule has 0 bridgehead atoms. The third kappa shape index (κ3) is 3.61. The third-order valence-electron chi connectivity index (χ3n) is 3.80. The quantitative estimate of drug-likeness (QED) is 0.827. The maximum Gasteiger partial charge on any atom is 0.410 e. The van der Waals surface area contributed by atoms with Gasteiger partial charge in [-0.2, -0.15) is 0 Å². The molecule has 0 aliphatic carbocycles. The summed E-state index contributed by atoms with van der Waals surface area (Å²) in [4.78, 5) is 13.8. The molecule has 1 aliphatic rings. The Morgan fingerprint density at radius 1 is 1.44 bits per heavy atom. The van der Waals surface area contributed by atoms with Gasteiger partial charge >= 0.3 is 6.09 Å².